The highest BCUT2D eigenvalue weighted by atomic mass is 35.5. The number of fused-ring (bicyclic) bond motifs is 2. The Balaban J connectivity index is 1.12. The number of amides is 4. The molecule has 3 aliphatic rings. The van der Waals surface area contributed by atoms with Crippen molar-refractivity contribution < 1.29 is 32.6 Å². The van der Waals surface area contributed by atoms with Gasteiger partial charge in [-0.1, -0.05) is 17.7 Å². The van der Waals surface area contributed by atoms with Gasteiger partial charge in [0.15, 0.2) is 11.6 Å². The first-order valence-corrected chi connectivity index (χ1v) is 12.3. The Hall–Kier alpha value is -3.44. The van der Waals surface area contributed by atoms with Crippen LogP contribution in [0.15, 0.2) is 36.4 Å². The van der Waals surface area contributed by atoms with Crippen LogP contribution in [-0.2, 0) is 15.1 Å². The van der Waals surface area contributed by atoms with E-state index >= 15 is 0 Å². The third-order valence-electron chi connectivity index (χ3n) is 7.01. The maximum absolute atomic E-state index is 13.7. The maximum atomic E-state index is 13.7. The Labute approximate surface area is 216 Å². The zero-order chi connectivity index (χ0) is 26.2. The molecule has 0 aromatic heterocycles. The van der Waals surface area contributed by atoms with Gasteiger partial charge in [0.1, 0.15) is 18.2 Å². The molecule has 196 valence electrons. The number of cyclic esters (lactones) is 1. The van der Waals surface area contributed by atoms with E-state index in [2.05, 4.69) is 15.5 Å². The molecule has 12 heteroatoms. The van der Waals surface area contributed by atoms with E-state index in [1.807, 2.05) is 6.07 Å². The summed E-state index contributed by atoms with van der Waals surface area (Å²) in [7, 11) is 0. The summed E-state index contributed by atoms with van der Waals surface area (Å²) in [5.74, 6) is -2.08. The fourth-order valence-corrected chi connectivity index (χ4v) is 5.25. The minimum atomic E-state index is -1.06. The van der Waals surface area contributed by atoms with Crippen molar-refractivity contribution in [3.05, 3.63) is 64.2 Å². The monoisotopic (exact) mass is 534 g/mol. The van der Waals surface area contributed by atoms with E-state index in [0.29, 0.717) is 56.2 Å². The van der Waals surface area contributed by atoms with Gasteiger partial charge in [-0.15, -0.1) is 0 Å². The summed E-state index contributed by atoms with van der Waals surface area (Å²) in [6, 6.07) is 7.06. The topological polar surface area (TPSA) is 100 Å². The number of piperidine rings is 1. The lowest BCUT2D eigenvalue weighted by molar-refractivity contribution is -0.0378. The van der Waals surface area contributed by atoms with Crippen molar-refractivity contribution >= 4 is 35.5 Å². The lowest BCUT2D eigenvalue weighted by Gasteiger charge is -2.44. The molecule has 37 heavy (non-hydrogen) atoms. The zero-order valence-corrected chi connectivity index (χ0v) is 20.5. The highest BCUT2D eigenvalue weighted by molar-refractivity contribution is 6.30. The number of nitrogens with zero attached hydrogens (tertiary/aromatic N) is 2. The van der Waals surface area contributed by atoms with Gasteiger partial charge in [-0.05, 0) is 48.9 Å². The number of benzene rings is 2. The first kappa shape index (κ1) is 25.2. The molecule has 0 unspecified atom stereocenters. The van der Waals surface area contributed by atoms with Crippen molar-refractivity contribution in [3.63, 3.8) is 0 Å². The van der Waals surface area contributed by atoms with E-state index in [4.69, 9.17) is 21.1 Å². The average Bonchev–Trinajstić information content (AvgIpc) is 3.26. The van der Waals surface area contributed by atoms with E-state index in [9.17, 15) is 23.2 Å². The second-order valence-corrected chi connectivity index (χ2v) is 9.70. The van der Waals surface area contributed by atoms with Crippen molar-refractivity contribution in [3.8, 4) is 0 Å². The Morgan fingerprint density at radius 1 is 1.14 bits per heavy atom. The van der Waals surface area contributed by atoms with Crippen LogP contribution in [0, 0.1) is 11.6 Å². The third-order valence-corrected chi connectivity index (χ3v) is 7.24. The molecular formula is C25H25ClF2N4O5. The van der Waals surface area contributed by atoms with Crippen LogP contribution in [0.25, 0.3) is 0 Å². The van der Waals surface area contributed by atoms with Crippen LogP contribution in [0.4, 0.5) is 28.9 Å². The quantitative estimate of drug-likeness (QED) is 0.536. The number of nitrogens with one attached hydrogen (secondary N) is 2. The average molecular weight is 535 g/mol. The third kappa shape index (κ3) is 5.05. The van der Waals surface area contributed by atoms with Gasteiger partial charge in [0, 0.05) is 43.1 Å². The molecule has 9 nitrogen and oxygen atoms in total. The van der Waals surface area contributed by atoms with E-state index in [1.54, 1.807) is 12.1 Å². The van der Waals surface area contributed by atoms with Crippen molar-refractivity contribution in [2.24, 2.45) is 0 Å². The Morgan fingerprint density at radius 3 is 2.68 bits per heavy atom. The molecule has 0 aliphatic carbocycles. The van der Waals surface area contributed by atoms with Gasteiger partial charge in [-0.25, -0.2) is 28.1 Å². The Morgan fingerprint density at radius 2 is 1.92 bits per heavy atom. The predicted octanol–water partition coefficient (Wildman–Crippen LogP) is 4.76. The number of rotatable bonds is 5. The summed E-state index contributed by atoms with van der Waals surface area (Å²) >= 11 is 6.19. The summed E-state index contributed by atoms with van der Waals surface area (Å²) in [6.07, 6.45) is 0.505. The number of carbonyl (C=O) groups excluding carboxylic acids is 3. The fraction of sp³-hybridized carbons (Fsp3) is 0.400. The maximum Gasteiger partial charge on any atom is 0.418 e. The standard InChI is InChI=1S/C25H25ClF2N4O5/c26-16-3-5-20-17(13-16)25(37-23(34)30-20)6-10-31(11-7-25)9-1-8-29-22(33)32-21(14-36-24(32)35)15-2-4-18(27)19(28)12-15/h2-5,12-13,21H,1,6-11,14H2,(H,29,33)(H,30,34)/t21-/m1/s1. The molecule has 0 saturated carbocycles. The number of anilines is 1. The first-order chi connectivity index (χ1) is 17.8. The van der Waals surface area contributed by atoms with Crippen LogP contribution in [-0.4, -0.2) is 60.8 Å². The predicted molar refractivity (Wildman–Crippen MR) is 129 cm³/mol. The van der Waals surface area contributed by atoms with Gasteiger partial charge in [0.2, 0.25) is 0 Å². The molecule has 2 aromatic carbocycles. The minimum Gasteiger partial charge on any atom is -0.446 e. The molecule has 4 amide bonds. The number of hydrogen-bond donors (Lipinski definition) is 2. The van der Waals surface area contributed by atoms with E-state index < -0.39 is 41.5 Å². The summed E-state index contributed by atoms with van der Waals surface area (Å²) < 4.78 is 37.6. The van der Waals surface area contributed by atoms with Crippen molar-refractivity contribution in [2.75, 3.05) is 38.1 Å². The molecule has 0 bridgehead atoms. The molecule has 5 rings (SSSR count). The normalized spacial score (nSPS) is 20.7. The summed E-state index contributed by atoms with van der Waals surface area (Å²) in [4.78, 5) is 40.0. The number of carbonyl (C=O) groups is 3. The number of ether oxygens (including phenoxy) is 2. The number of likely N-dealkylation sites (tertiary alicyclic amines) is 1. The fourth-order valence-electron chi connectivity index (χ4n) is 5.07. The number of hydrogen-bond acceptors (Lipinski definition) is 6. The molecule has 0 radical (unpaired) electrons. The molecule has 3 heterocycles. The lowest BCUT2D eigenvalue weighted by Crippen LogP contribution is -2.48. The Kier molecular flexibility index (Phi) is 6.91. The van der Waals surface area contributed by atoms with Gasteiger partial charge in [-0.3, -0.25) is 5.32 Å². The molecule has 2 fully saturated rings. The zero-order valence-electron chi connectivity index (χ0n) is 19.8. The van der Waals surface area contributed by atoms with Gasteiger partial charge >= 0.3 is 18.2 Å². The van der Waals surface area contributed by atoms with Gasteiger partial charge in [0.25, 0.3) is 0 Å². The van der Waals surface area contributed by atoms with Crippen LogP contribution in [0.3, 0.4) is 0 Å². The van der Waals surface area contributed by atoms with Crippen molar-refractivity contribution in [2.45, 2.75) is 30.9 Å². The summed E-state index contributed by atoms with van der Waals surface area (Å²) in [5.41, 5.74) is 1.13. The van der Waals surface area contributed by atoms with Crippen LogP contribution in [0.2, 0.25) is 5.02 Å². The number of imide groups is 1. The molecular weight excluding hydrogens is 510 g/mol. The lowest BCUT2D eigenvalue weighted by atomic mass is 9.82. The minimum absolute atomic E-state index is 0.138. The molecule has 2 saturated heterocycles. The highest BCUT2D eigenvalue weighted by Crippen LogP contribution is 2.44. The smallest absolute Gasteiger partial charge is 0.418 e. The van der Waals surface area contributed by atoms with Crippen LogP contribution in [0.5, 0.6) is 0 Å². The number of halogens is 3. The van der Waals surface area contributed by atoms with E-state index in [0.717, 1.165) is 22.6 Å². The van der Waals surface area contributed by atoms with Crippen LogP contribution < -0.4 is 10.6 Å². The van der Waals surface area contributed by atoms with E-state index in [-0.39, 0.29) is 12.2 Å². The van der Waals surface area contributed by atoms with Gasteiger partial charge < -0.3 is 19.7 Å². The summed E-state index contributed by atoms with van der Waals surface area (Å²) in [5, 5.41) is 6.00. The largest absolute Gasteiger partial charge is 0.446 e. The first-order valence-electron chi connectivity index (χ1n) is 12.0. The molecule has 1 atom stereocenters. The second kappa shape index (κ2) is 10.1. The summed E-state index contributed by atoms with van der Waals surface area (Å²) in [6.45, 7) is 2.21. The molecule has 1 spiro atoms. The van der Waals surface area contributed by atoms with Crippen LogP contribution >= 0.6 is 11.6 Å². The number of urea groups is 1. The highest BCUT2D eigenvalue weighted by Gasteiger charge is 2.44. The molecule has 2 N–H and O–H groups in total. The Bertz CT molecular complexity index is 1240. The van der Waals surface area contributed by atoms with Crippen molar-refractivity contribution in [1.29, 1.82) is 0 Å². The van der Waals surface area contributed by atoms with Gasteiger partial charge in [-0.2, -0.15) is 0 Å². The SMILES string of the molecule is O=C1Nc2ccc(Cl)cc2C2(CCN(CCCNC(=O)N3C(=O)OC[C@@H]3c3ccc(F)c(F)c3)CC2)O1. The van der Waals surface area contributed by atoms with Gasteiger partial charge in [0.05, 0.1) is 5.69 Å². The molecule has 3 aliphatic heterocycles. The van der Waals surface area contributed by atoms with E-state index in [1.165, 1.54) is 6.07 Å². The van der Waals surface area contributed by atoms with Crippen LogP contribution in [0.1, 0.15) is 36.4 Å². The van der Waals surface area contributed by atoms with Crippen molar-refractivity contribution in [1.82, 2.24) is 15.1 Å². The molecule has 2 aromatic rings. The second-order valence-electron chi connectivity index (χ2n) is 9.26.